The van der Waals surface area contributed by atoms with Crippen molar-refractivity contribution < 1.29 is 28.6 Å². The highest BCUT2D eigenvalue weighted by atomic mass is 16.6. The first-order valence-corrected chi connectivity index (χ1v) is 25.1. The van der Waals surface area contributed by atoms with Gasteiger partial charge in [0.1, 0.15) is 13.2 Å². The van der Waals surface area contributed by atoms with Crippen LogP contribution >= 0.6 is 0 Å². The predicted molar refractivity (Wildman–Crippen MR) is 269 cm³/mol. The minimum atomic E-state index is -0.810. The van der Waals surface area contributed by atoms with Gasteiger partial charge in [0.05, 0.1) is 0 Å². The Balaban J connectivity index is 4.52. The molecule has 0 rings (SSSR count). The minimum Gasteiger partial charge on any atom is -0.462 e. The lowest BCUT2D eigenvalue weighted by atomic mass is 10.1. The Labute approximate surface area is 386 Å². The Morgan fingerprint density at radius 3 is 1.08 bits per heavy atom. The summed E-state index contributed by atoms with van der Waals surface area (Å²) in [4.78, 5) is 38.0. The largest absolute Gasteiger partial charge is 0.462 e. The van der Waals surface area contributed by atoms with Crippen LogP contribution in [-0.2, 0) is 28.6 Å². The average molecular weight is 871 g/mol. The topological polar surface area (TPSA) is 78.9 Å². The lowest BCUT2D eigenvalue weighted by Crippen LogP contribution is -2.30. The molecule has 1 unspecified atom stereocenters. The van der Waals surface area contributed by atoms with Gasteiger partial charge in [-0.2, -0.15) is 0 Å². The van der Waals surface area contributed by atoms with Gasteiger partial charge in [-0.05, 0) is 109 Å². The average Bonchev–Trinajstić information content (AvgIpc) is 3.28. The molecule has 0 aliphatic rings. The van der Waals surface area contributed by atoms with E-state index in [1.54, 1.807) is 0 Å². The Bertz CT molecular complexity index is 1370. The second kappa shape index (κ2) is 50.5. The molecule has 0 heterocycles. The summed E-state index contributed by atoms with van der Waals surface area (Å²) in [5.74, 6) is -0.981. The van der Waals surface area contributed by atoms with Crippen LogP contribution in [0.25, 0.3) is 0 Å². The van der Waals surface area contributed by atoms with Crippen molar-refractivity contribution in [3.8, 4) is 0 Å². The van der Waals surface area contributed by atoms with Crippen LogP contribution in [0.4, 0.5) is 0 Å². The van der Waals surface area contributed by atoms with Gasteiger partial charge in [0.15, 0.2) is 6.10 Å². The second-order valence-electron chi connectivity index (χ2n) is 16.0. The molecule has 0 saturated carbocycles. The summed E-state index contributed by atoms with van der Waals surface area (Å²) in [5.41, 5.74) is 0. The van der Waals surface area contributed by atoms with E-state index in [0.29, 0.717) is 19.3 Å². The van der Waals surface area contributed by atoms with E-state index in [1.807, 2.05) is 0 Å². The molecule has 0 bridgehead atoms. The molecule has 0 radical (unpaired) electrons. The normalized spacial score (nSPS) is 13.1. The molecule has 0 saturated heterocycles. The van der Waals surface area contributed by atoms with Gasteiger partial charge >= 0.3 is 17.9 Å². The quantitative estimate of drug-likeness (QED) is 0.0200. The van der Waals surface area contributed by atoms with Crippen molar-refractivity contribution in [1.29, 1.82) is 0 Å². The fourth-order valence-corrected chi connectivity index (χ4v) is 6.33. The zero-order chi connectivity index (χ0) is 45.8. The van der Waals surface area contributed by atoms with Crippen molar-refractivity contribution in [2.75, 3.05) is 13.2 Å². The SMILES string of the molecule is CC/C=C/C=C/C=C/CCCCCCCC(=O)OCC(COC(=O)CCCCC/C=C/C/C=C/C/C=C/C/C=C/CC)OC(=O)CCCCCCCC/C=C/C/C=C/C/C=C/CC. The maximum atomic E-state index is 12.8. The number of hydrogen-bond donors (Lipinski definition) is 0. The molecule has 0 N–H and O–H groups in total. The molecule has 0 aromatic rings. The van der Waals surface area contributed by atoms with Gasteiger partial charge in [-0.3, -0.25) is 14.4 Å². The van der Waals surface area contributed by atoms with Crippen molar-refractivity contribution in [3.05, 3.63) is 122 Å². The van der Waals surface area contributed by atoms with Crippen LogP contribution in [-0.4, -0.2) is 37.2 Å². The molecular formula is C57H90O6. The Morgan fingerprint density at radius 2 is 0.651 bits per heavy atom. The van der Waals surface area contributed by atoms with Crippen LogP contribution in [0, 0.1) is 0 Å². The fraction of sp³-hybridized carbons (Fsp3) is 0.596. The highest BCUT2D eigenvalue weighted by Crippen LogP contribution is 2.13. The summed E-state index contributed by atoms with van der Waals surface area (Å²) in [6, 6.07) is 0. The number of unbranched alkanes of at least 4 members (excludes halogenated alkanes) is 14. The summed E-state index contributed by atoms with van der Waals surface area (Å²) in [5, 5.41) is 0. The van der Waals surface area contributed by atoms with Gasteiger partial charge in [0.25, 0.3) is 0 Å². The highest BCUT2D eigenvalue weighted by Gasteiger charge is 2.19. The zero-order valence-corrected chi connectivity index (χ0v) is 40.3. The summed E-state index contributed by atoms with van der Waals surface area (Å²) in [6.07, 6.45) is 68.9. The van der Waals surface area contributed by atoms with Gasteiger partial charge in [-0.25, -0.2) is 0 Å². The van der Waals surface area contributed by atoms with Gasteiger partial charge in [-0.1, -0.05) is 194 Å². The number of carbonyl (C=O) groups is 3. The maximum Gasteiger partial charge on any atom is 0.306 e. The van der Waals surface area contributed by atoms with E-state index in [9.17, 15) is 14.4 Å². The summed E-state index contributed by atoms with van der Waals surface area (Å²) < 4.78 is 16.7. The van der Waals surface area contributed by atoms with E-state index < -0.39 is 6.10 Å². The molecule has 0 spiro atoms. The van der Waals surface area contributed by atoms with E-state index >= 15 is 0 Å². The first kappa shape index (κ1) is 58.8. The molecule has 354 valence electrons. The van der Waals surface area contributed by atoms with Gasteiger partial charge < -0.3 is 14.2 Å². The molecule has 0 aromatic heterocycles. The van der Waals surface area contributed by atoms with Crippen LogP contribution in [0.5, 0.6) is 0 Å². The van der Waals surface area contributed by atoms with Gasteiger partial charge in [0.2, 0.25) is 0 Å². The molecule has 6 nitrogen and oxygen atoms in total. The van der Waals surface area contributed by atoms with Crippen LogP contribution < -0.4 is 0 Å². The van der Waals surface area contributed by atoms with Crippen LogP contribution in [0.2, 0.25) is 0 Å². The molecule has 0 fully saturated rings. The Hall–Kier alpha value is -4.19. The van der Waals surface area contributed by atoms with Crippen LogP contribution in [0.15, 0.2) is 122 Å². The third-order valence-corrected chi connectivity index (χ3v) is 10.0. The smallest absolute Gasteiger partial charge is 0.306 e. The third kappa shape index (κ3) is 48.7. The highest BCUT2D eigenvalue weighted by molar-refractivity contribution is 5.71. The van der Waals surface area contributed by atoms with Crippen molar-refractivity contribution in [2.45, 2.75) is 207 Å². The molecule has 0 aliphatic carbocycles. The molecule has 63 heavy (non-hydrogen) atoms. The standard InChI is InChI=1S/C57H90O6/c1-4-7-10-13-16-19-22-25-27-29-32-35-38-41-44-47-50-56(59)62-53-54(52-61-55(58)49-46-43-40-37-34-31-24-21-18-15-12-9-6-3)63-57(60)51-48-45-42-39-36-33-30-28-26-23-20-17-14-11-8-5-2/h7-12,15-21,24-28,32,35,54H,4-6,13-14,22-23,29-31,33-34,36-53H2,1-3H3/b10-7+,11-8+,12-9+,18-15+,19-16+,20-17+,24-21+,27-25+,28-26+,35-32+. The van der Waals surface area contributed by atoms with E-state index in [-0.39, 0.29) is 31.1 Å². The summed E-state index contributed by atoms with van der Waals surface area (Å²) in [6.45, 7) is 6.20. The number of carbonyl (C=O) groups excluding carboxylic acids is 3. The zero-order valence-electron chi connectivity index (χ0n) is 40.3. The van der Waals surface area contributed by atoms with Crippen molar-refractivity contribution in [3.63, 3.8) is 0 Å². The second-order valence-corrected chi connectivity index (χ2v) is 16.0. The van der Waals surface area contributed by atoms with Gasteiger partial charge in [0, 0.05) is 19.3 Å². The monoisotopic (exact) mass is 871 g/mol. The first-order valence-electron chi connectivity index (χ1n) is 25.1. The summed E-state index contributed by atoms with van der Waals surface area (Å²) in [7, 11) is 0. The number of allylic oxidation sites excluding steroid dienone is 20. The lowest BCUT2D eigenvalue weighted by Gasteiger charge is -2.18. The van der Waals surface area contributed by atoms with Crippen molar-refractivity contribution in [1.82, 2.24) is 0 Å². The Kier molecular flexibility index (Phi) is 47.1. The van der Waals surface area contributed by atoms with E-state index in [1.165, 1.54) is 12.8 Å². The van der Waals surface area contributed by atoms with Crippen LogP contribution in [0.3, 0.4) is 0 Å². The predicted octanol–water partition coefficient (Wildman–Crippen LogP) is 16.5. The summed E-state index contributed by atoms with van der Waals surface area (Å²) >= 11 is 0. The minimum absolute atomic E-state index is 0.108. The number of hydrogen-bond acceptors (Lipinski definition) is 6. The Morgan fingerprint density at radius 1 is 0.333 bits per heavy atom. The molecular weight excluding hydrogens is 781 g/mol. The third-order valence-electron chi connectivity index (χ3n) is 10.0. The number of esters is 3. The van der Waals surface area contributed by atoms with E-state index in [4.69, 9.17) is 14.2 Å². The van der Waals surface area contributed by atoms with E-state index in [0.717, 1.165) is 148 Å². The number of rotatable bonds is 43. The van der Waals surface area contributed by atoms with Crippen molar-refractivity contribution >= 4 is 17.9 Å². The lowest BCUT2D eigenvalue weighted by molar-refractivity contribution is -0.167. The molecule has 0 aromatic carbocycles. The molecule has 6 heteroatoms. The molecule has 0 amide bonds. The van der Waals surface area contributed by atoms with Gasteiger partial charge in [-0.15, -0.1) is 0 Å². The maximum absolute atomic E-state index is 12.8. The number of ether oxygens (including phenoxy) is 3. The fourth-order valence-electron chi connectivity index (χ4n) is 6.33. The van der Waals surface area contributed by atoms with Crippen LogP contribution in [0.1, 0.15) is 201 Å². The van der Waals surface area contributed by atoms with E-state index in [2.05, 4.69) is 142 Å². The van der Waals surface area contributed by atoms with Crippen molar-refractivity contribution in [2.24, 2.45) is 0 Å². The molecule has 0 aliphatic heterocycles. The molecule has 1 atom stereocenters. The first-order chi connectivity index (χ1) is 31.0.